The summed E-state index contributed by atoms with van der Waals surface area (Å²) in [5.41, 5.74) is 1.22. The molecular formula is C15H21BrOS. The van der Waals surface area contributed by atoms with Gasteiger partial charge in [-0.3, -0.25) is 0 Å². The molecule has 1 saturated carbocycles. The summed E-state index contributed by atoms with van der Waals surface area (Å²) in [4.78, 5) is 0. The lowest BCUT2D eigenvalue weighted by molar-refractivity contribution is 0.200. The van der Waals surface area contributed by atoms with E-state index in [0.717, 1.165) is 21.9 Å². The number of aliphatic hydroxyl groups excluding tert-OH is 1. The minimum absolute atomic E-state index is 0.210. The second-order valence-electron chi connectivity index (χ2n) is 5.08. The van der Waals surface area contributed by atoms with Crippen LogP contribution in [0, 0.1) is 0 Å². The zero-order chi connectivity index (χ0) is 12.8. The lowest BCUT2D eigenvalue weighted by atomic mass is 10.0. The Kier molecular flexibility index (Phi) is 6.06. The molecule has 3 heteroatoms. The van der Waals surface area contributed by atoms with Crippen molar-refractivity contribution in [2.75, 3.05) is 5.75 Å². The van der Waals surface area contributed by atoms with E-state index in [-0.39, 0.29) is 6.10 Å². The van der Waals surface area contributed by atoms with E-state index in [9.17, 15) is 5.11 Å². The van der Waals surface area contributed by atoms with Gasteiger partial charge in [-0.1, -0.05) is 47.3 Å². The number of benzene rings is 1. The lowest BCUT2D eigenvalue weighted by Gasteiger charge is -2.22. The standard InChI is InChI=1S/C15H21BrOS/c16-13-8-6-12(7-9-13)10-14(17)11-18-15-4-2-1-3-5-15/h6-9,14-15,17H,1-5,10-11H2. The van der Waals surface area contributed by atoms with Gasteiger partial charge in [0.05, 0.1) is 6.10 Å². The van der Waals surface area contributed by atoms with Gasteiger partial charge in [0.2, 0.25) is 0 Å². The maximum absolute atomic E-state index is 10.1. The number of aliphatic hydroxyl groups is 1. The number of rotatable bonds is 5. The first-order valence-corrected chi connectivity index (χ1v) is 8.62. The van der Waals surface area contributed by atoms with Gasteiger partial charge in [-0.05, 0) is 37.0 Å². The van der Waals surface area contributed by atoms with E-state index in [1.54, 1.807) is 0 Å². The second kappa shape index (κ2) is 7.56. The fourth-order valence-electron chi connectivity index (χ4n) is 2.43. The third kappa shape index (κ3) is 4.94. The zero-order valence-corrected chi connectivity index (χ0v) is 13.0. The second-order valence-corrected chi connectivity index (χ2v) is 7.33. The molecule has 1 aliphatic rings. The van der Waals surface area contributed by atoms with Crippen molar-refractivity contribution in [3.8, 4) is 0 Å². The van der Waals surface area contributed by atoms with Crippen LogP contribution in [0.15, 0.2) is 28.7 Å². The van der Waals surface area contributed by atoms with E-state index in [2.05, 4.69) is 28.1 Å². The summed E-state index contributed by atoms with van der Waals surface area (Å²) in [6.45, 7) is 0. The quantitative estimate of drug-likeness (QED) is 0.863. The van der Waals surface area contributed by atoms with Crippen LogP contribution in [0.4, 0.5) is 0 Å². The molecule has 18 heavy (non-hydrogen) atoms. The molecule has 1 nitrogen and oxygen atoms in total. The molecule has 1 aliphatic carbocycles. The van der Waals surface area contributed by atoms with E-state index in [4.69, 9.17) is 0 Å². The fraction of sp³-hybridized carbons (Fsp3) is 0.600. The Morgan fingerprint density at radius 3 is 2.50 bits per heavy atom. The average molecular weight is 329 g/mol. The zero-order valence-electron chi connectivity index (χ0n) is 10.6. The number of hydrogen-bond donors (Lipinski definition) is 1. The summed E-state index contributed by atoms with van der Waals surface area (Å²) in [5, 5.41) is 10.9. The number of hydrogen-bond acceptors (Lipinski definition) is 2. The summed E-state index contributed by atoms with van der Waals surface area (Å²) in [7, 11) is 0. The van der Waals surface area contributed by atoms with Crippen LogP contribution in [-0.2, 0) is 6.42 Å². The molecule has 1 aromatic rings. The maximum atomic E-state index is 10.1. The predicted octanol–water partition coefficient (Wildman–Crippen LogP) is 4.42. The molecule has 1 N–H and O–H groups in total. The molecule has 1 unspecified atom stereocenters. The van der Waals surface area contributed by atoms with E-state index < -0.39 is 0 Å². The highest BCUT2D eigenvalue weighted by atomic mass is 79.9. The normalized spacial score (nSPS) is 18.8. The first kappa shape index (κ1) is 14.4. The van der Waals surface area contributed by atoms with Crippen LogP contribution >= 0.6 is 27.7 Å². The largest absolute Gasteiger partial charge is 0.392 e. The first-order chi connectivity index (χ1) is 8.74. The summed E-state index contributed by atoms with van der Waals surface area (Å²) >= 11 is 5.40. The van der Waals surface area contributed by atoms with Crippen molar-refractivity contribution in [2.24, 2.45) is 0 Å². The number of thioether (sulfide) groups is 1. The third-order valence-corrected chi connectivity index (χ3v) is 5.51. The molecule has 0 aliphatic heterocycles. The average Bonchev–Trinajstić information content (AvgIpc) is 2.40. The smallest absolute Gasteiger partial charge is 0.0670 e. The Bertz CT molecular complexity index is 346. The molecule has 1 fully saturated rings. The van der Waals surface area contributed by atoms with Crippen molar-refractivity contribution in [1.29, 1.82) is 0 Å². The summed E-state index contributed by atoms with van der Waals surface area (Å²) in [5.74, 6) is 0.876. The Morgan fingerprint density at radius 1 is 1.17 bits per heavy atom. The van der Waals surface area contributed by atoms with Crippen LogP contribution in [-0.4, -0.2) is 22.2 Å². The Balaban J connectivity index is 1.71. The SMILES string of the molecule is OC(CSC1CCCCC1)Cc1ccc(Br)cc1. The van der Waals surface area contributed by atoms with Crippen LogP contribution in [0.25, 0.3) is 0 Å². The summed E-state index contributed by atoms with van der Waals surface area (Å²) in [6.07, 6.45) is 7.40. The fourth-order valence-corrected chi connectivity index (χ4v) is 3.97. The summed E-state index contributed by atoms with van der Waals surface area (Å²) < 4.78 is 1.09. The molecule has 1 atom stereocenters. The third-order valence-electron chi connectivity index (χ3n) is 3.46. The van der Waals surface area contributed by atoms with Crippen molar-refractivity contribution in [3.05, 3.63) is 34.3 Å². The van der Waals surface area contributed by atoms with Crippen LogP contribution in [0.1, 0.15) is 37.7 Å². The van der Waals surface area contributed by atoms with E-state index >= 15 is 0 Å². The molecule has 0 bridgehead atoms. The van der Waals surface area contributed by atoms with Gasteiger partial charge in [0.15, 0.2) is 0 Å². The Morgan fingerprint density at radius 2 is 1.83 bits per heavy atom. The molecule has 0 aromatic heterocycles. The van der Waals surface area contributed by atoms with E-state index in [0.29, 0.717) is 0 Å². The van der Waals surface area contributed by atoms with Gasteiger partial charge in [-0.15, -0.1) is 0 Å². The van der Waals surface area contributed by atoms with Crippen molar-refractivity contribution in [2.45, 2.75) is 49.9 Å². The molecule has 0 spiro atoms. The molecule has 0 amide bonds. The highest BCUT2D eigenvalue weighted by Crippen LogP contribution is 2.28. The van der Waals surface area contributed by atoms with Gasteiger partial charge in [0.25, 0.3) is 0 Å². The van der Waals surface area contributed by atoms with Crippen LogP contribution in [0.2, 0.25) is 0 Å². The van der Waals surface area contributed by atoms with Crippen LogP contribution in [0.3, 0.4) is 0 Å². The highest BCUT2D eigenvalue weighted by Gasteiger charge is 2.15. The van der Waals surface area contributed by atoms with Crippen molar-refractivity contribution in [3.63, 3.8) is 0 Å². The van der Waals surface area contributed by atoms with E-state index in [1.807, 2.05) is 23.9 Å². The molecular weight excluding hydrogens is 308 g/mol. The lowest BCUT2D eigenvalue weighted by Crippen LogP contribution is -2.17. The highest BCUT2D eigenvalue weighted by molar-refractivity contribution is 9.10. The maximum Gasteiger partial charge on any atom is 0.0670 e. The predicted molar refractivity (Wildman–Crippen MR) is 83.2 cm³/mol. The van der Waals surface area contributed by atoms with E-state index in [1.165, 1.54) is 37.7 Å². The Labute approximate surface area is 122 Å². The molecule has 1 aromatic carbocycles. The van der Waals surface area contributed by atoms with Crippen molar-refractivity contribution < 1.29 is 5.11 Å². The topological polar surface area (TPSA) is 20.2 Å². The van der Waals surface area contributed by atoms with Gasteiger partial charge in [-0.2, -0.15) is 11.8 Å². The van der Waals surface area contributed by atoms with Gasteiger partial charge in [-0.25, -0.2) is 0 Å². The minimum Gasteiger partial charge on any atom is -0.392 e. The monoisotopic (exact) mass is 328 g/mol. The first-order valence-electron chi connectivity index (χ1n) is 6.78. The van der Waals surface area contributed by atoms with Crippen molar-refractivity contribution >= 4 is 27.7 Å². The van der Waals surface area contributed by atoms with Gasteiger partial charge < -0.3 is 5.11 Å². The molecule has 0 radical (unpaired) electrons. The minimum atomic E-state index is -0.210. The van der Waals surface area contributed by atoms with Crippen molar-refractivity contribution in [1.82, 2.24) is 0 Å². The van der Waals surface area contributed by atoms with Crippen LogP contribution in [0.5, 0.6) is 0 Å². The molecule has 0 saturated heterocycles. The van der Waals surface area contributed by atoms with Gasteiger partial charge >= 0.3 is 0 Å². The Hall–Kier alpha value is 0.01000. The van der Waals surface area contributed by atoms with Crippen LogP contribution < -0.4 is 0 Å². The molecule has 0 heterocycles. The molecule has 100 valence electrons. The van der Waals surface area contributed by atoms with Gasteiger partial charge in [0, 0.05) is 15.5 Å². The number of halogens is 1. The van der Waals surface area contributed by atoms with Gasteiger partial charge in [0.1, 0.15) is 0 Å². The molecule has 2 rings (SSSR count). The summed E-state index contributed by atoms with van der Waals surface area (Å²) in [6, 6.07) is 8.24.